The highest BCUT2D eigenvalue weighted by Crippen LogP contribution is 2.23. The number of H-pyrrole nitrogens is 1. The molecule has 0 aliphatic carbocycles. The van der Waals surface area contributed by atoms with Gasteiger partial charge in [0.2, 0.25) is 0 Å². The molecule has 0 saturated carbocycles. The first-order valence-corrected chi connectivity index (χ1v) is 7.27. The Bertz CT molecular complexity index is 695. The maximum absolute atomic E-state index is 12.4. The van der Waals surface area contributed by atoms with Gasteiger partial charge in [0.1, 0.15) is 18.3 Å². The van der Waals surface area contributed by atoms with Crippen molar-refractivity contribution in [3.05, 3.63) is 36.0 Å². The van der Waals surface area contributed by atoms with Crippen molar-refractivity contribution in [2.75, 3.05) is 6.61 Å². The summed E-state index contributed by atoms with van der Waals surface area (Å²) in [4.78, 5) is 26.2. The second kappa shape index (κ2) is 7.20. The van der Waals surface area contributed by atoms with Crippen LogP contribution < -0.4 is 0 Å². The molecule has 0 fully saturated rings. The number of aldehydes is 1. The molecule has 0 aliphatic rings. The lowest BCUT2D eigenvalue weighted by atomic mass is 9.82. The van der Waals surface area contributed by atoms with Gasteiger partial charge in [0.15, 0.2) is 17.7 Å². The molecule has 1 aromatic carbocycles. The summed E-state index contributed by atoms with van der Waals surface area (Å²) in [5, 5.41) is 49.2. The average molecular weight is 337 g/mol. The van der Waals surface area contributed by atoms with Crippen molar-refractivity contribution in [2.24, 2.45) is 0 Å². The van der Waals surface area contributed by atoms with Crippen molar-refractivity contribution in [1.29, 1.82) is 0 Å². The monoisotopic (exact) mass is 337 g/mol. The van der Waals surface area contributed by atoms with E-state index in [1.807, 2.05) is 0 Å². The van der Waals surface area contributed by atoms with Gasteiger partial charge in [-0.3, -0.25) is 4.79 Å². The van der Waals surface area contributed by atoms with Crippen LogP contribution in [0.5, 0.6) is 0 Å². The van der Waals surface area contributed by atoms with Crippen LogP contribution in [0.1, 0.15) is 5.69 Å². The number of benzene rings is 1. The maximum Gasteiger partial charge on any atom is 0.184 e. The third kappa shape index (κ3) is 3.23. The van der Waals surface area contributed by atoms with Crippen molar-refractivity contribution in [3.8, 4) is 0 Å². The highest BCUT2D eigenvalue weighted by Gasteiger charge is 2.51. The maximum atomic E-state index is 12.4. The van der Waals surface area contributed by atoms with E-state index in [4.69, 9.17) is 5.11 Å². The molecule has 8 heteroatoms. The summed E-state index contributed by atoms with van der Waals surface area (Å²) in [6.07, 6.45) is -6.94. The zero-order valence-corrected chi connectivity index (χ0v) is 12.7. The number of fused-ring (bicyclic) bond motifs is 1. The number of rotatable bonds is 8. The lowest BCUT2D eigenvalue weighted by Gasteiger charge is -2.35. The quantitative estimate of drug-likeness (QED) is 0.314. The summed E-state index contributed by atoms with van der Waals surface area (Å²) in [5.74, 6) is -1.08. The van der Waals surface area contributed by atoms with Crippen molar-refractivity contribution >= 4 is 23.0 Å². The number of ketones is 1. The second-order valence-corrected chi connectivity index (χ2v) is 5.58. The number of carbonyl (C=O) groups excluding carboxylic acids is 2. The van der Waals surface area contributed by atoms with E-state index in [1.54, 1.807) is 30.3 Å². The Morgan fingerprint density at radius 2 is 1.92 bits per heavy atom. The second-order valence-electron chi connectivity index (χ2n) is 5.58. The Morgan fingerprint density at radius 3 is 2.50 bits per heavy atom. The minimum Gasteiger partial charge on any atom is -0.394 e. The van der Waals surface area contributed by atoms with Gasteiger partial charge in [0.25, 0.3) is 0 Å². The van der Waals surface area contributed by atoms with Gasteiger partial charge in [-0.1, -0.05) is 18.2 Å². The topological polar surface area (TPSA) is 151 Å². The summed E-state index contributed by atoms with van der Waals surface area (Å²) in [6.45, 7) is -0.964. The molecule has 0 aliphatic heterocycles. The van der Waals surface area contributed by atoms with E-state index in [1.165, 1.54) is 0 Å². The van der Waals surface area contributed by atoms with Crippen molar-refractivity contribution in [3.63, 3.8) is 0 Å². The van der Waals surface area contributed by atoms with Crippen LogP contribution in [-0.4, -0.2) is 73.1 Å². The molecular weight excluding hydrogens is 318 g/mol. The van der Waals surface area contributed by atoms with Crippen molar-refractivity contribution in [2.45, 2.75) is 30.3 Å². The molecule has 6 N–H and O–H groups in total. The predicted octanol–water partition coefficient (Wildman–Crippen LogP) is -1.72. The van der Waals surface area contributed by atoms with Gasteiger partial charge in [-0.05, 0) is 17.5 Å². The van der Waals surface area contributed by atoms with E-state index in [0.29, 0.717) is 5.69 Å². The Balaban J connectivity index is 2.31. The molecule has 130 valence electrons. The normalized spacial score (nSPS) is 17.9. The highest BCUT2D eigenvalue weighted by molar-refractivity contribution is 5.94. The zero-order chi connectivity index (χ0) is 17.9. The number of aromatic nitrogens is 1. The number of hydrogen-bond donors (Lipinski definition) is 6. The van der Waals surface area contributed by atoms with Gasteiger partial charge in [-0.25, -0.2) is 0 Å². The third-order valence-electron chi connectivity index (χ3n) is 3.97. The first kappa shape index (κ1) is 18.2. The smallest absolute Gasteiger partial charge is 0.184 e. The van der Waals surface area contributed by atoms with E-state index in [2.05, 4.69) is 4.98 Å². The predicted molar refractivity (Wildman–Crippen MR) is 83.1 cm³/mol. The zero-order valence-electron chi connectivity index (χ0n) is 12.7. The van der Waals surface area contributed by atoms with Crippen LogP contribution in [0.4, 0.5) is 0 Å². The van der Waals surface area contributed by atoms with Crippen LogP contribution in [0.2, 0.25) is 0 Å². The minimum atomic E-state index is -2.94. The van der Waals surface area contributed by atoms with Crippen LogP contribution in [0.3, 0.4) is 0 Å². The largest absolute Gasteiger partial charge is 0.394 e. The van der Waals surface area contributed by atoms with Crippen LogP contribution in [0.25, 0.3) is 10.9 Å². The number of nitrogens with one attached hydrogen (secondary N) is 1. The van der Waals surface area contributed by atoms with E-state index in [0.717, 1.165) is 10.9 Å². The molecule has 1 aromatic heterocycles. The fourth-order valence-electron chi connectivity index (χ4n) is 2.54. The van der Waals surface area contributed by atoms with Crippen LogP contribution in [0.15, 0.2) is 30.3 Å². The van der Waals surface area contributed by atoms with Crippen molar-refractivity contribution in [1.82, 2.24) is 4.98 Å². The Morgan fingerprint density at radius 1 is 1.25 bits per heavy atom. The van der Waals surface area contributed by atoms with E-state index in [9.17, 15) is 30.0 Å². The number of aliphatic hydroxyl groups excluding tert-OH is 4. The molecule has 0 spiro atoms. The van der Waals surface area contributed by atoms with Gasteiger partial charge in [0, 0.05) is 17.6 Å². The van der Waals surface area contributed by atoms with Gasteiger partial charge < -0.3 is 35.3 Å². The lowest BCUT2D eigenvalue weighted by molar-refractivity contribution is -0.189. The van der Waals surface area contributed by atoms with Gasteiger partial charge in [-0.15, -0.1) is 0 Å². The molecule has 0 unspecified atom stereocenters. The molecule has 0 saturated heterocycles. The van der Waals surface area contributed by atoms with Crippen molar-refractivity contribution < 1.29 is 35.1 Å². The van der Waals surface area contributed by atoms with Gasteiger partial charge in [0.05, 0.1) is 6.61 Å². The molecule has 2 aromatic rings. The molecule has 2 rings (SSSR count). The van der Waals surface area contributed by atoms with Gasteiger partial charge >= 0.3 is 0 Å². The number of Topliss-reactive ketones (excluding diaryl/α,β-unsaturated/α-hetero) is 1. The molecule has 4 atom stereocenters. The van der Waals surface area contributed by atoms with E-state index in [-0.39, 0.29) is 6.29 Å². The first-order chi connectivity index (χ1) is 11.3. The number of aliphatic hydroxyl groups is 5. The van der Waals surface area contributed by atoms with E-state index >= 15 is 0 Å². The molecule has 24 heavy (non-hydrogen) atoms. The fraction of sp³-hybridized carbons (Fsp3) is 0.375. The number of hydrogen-bond acceptors (Lipinski definition) is 7. The Kier molecular flexibility index (Phi) is 5.47. The number of aromatic amines is 1. The summed E-state index contributed by atoms with van der Waals surface area (Å²) >= 11 is 0. The van der Waals surface area contributed by atoms with E-state index < -0.39 is 42.7 Å². The van der Waals surface area contributed by atoms with Crippen LogP contribution in [-0.2, 0) is 16.0 Å². The summed E-state index contributed by atoms with van der Waals surface area (Å²) in [6, 6.07) is 8.82. The summed E-state index contributed by atoms with van der Waals surface area (Å²) in [5.41, 5.74) is -1.81. The molecule has 0 radical (unpaired) electrons. The van der Waals surface area contributed by atoms with Crippen LogP contribution in [0, 0.1) is 0 Å². The Labute approximate surface area is 137 Å². The summed E-state index contributed by atoms with van der Waals surface area (Å²) < 4.78 is 0. The lowest BCUT2D eigenvalue weighted by Crippen LogP contribution is -2.63. The number of para-hydroxylation sites is 1. The standard InChI is InChI=1S/C16H19NO7/c18-7-12(20)15(23)16(24,14(22)8-19)13(21)6-10-5-9-3-1-2-4-11(9)17-10/h1-5,8,12,14-15,17-18,20,22-24H,6-7H2/t12-,14+,15-,16-/m1/s1. The molecule has 8 nitrogen and oxygen atoms in total. The molecule has 1 heterocycles. The first-order valence-electron chi connectivity index (χ1n) is 7.27. The highest BCUT2D eigenvalue weighted by atomic mass is 16.4. The molecular formula is C16H19NO7. The molecule has 0 bridgehead atoms. The van der Waals surface area contributed by atoms with Gasteiger partial charge in [-0.2, -0.15) is 0 Å². The minimum absolute atomic E-state index is 0.115. The number of carbonyl (C=O) groups is 2. The average Bonchev–Trinajstić information content (AvgIpc) is 3.00. The SMILES string of the molecule is O=C[C@H](O)[C@](O)(C(=O)Cc1cc2ccccc2[nH]1)[C@H](O)[C@H](O)CO. The third-order valence-corrected chi connectivity index (χ3v) is 3.97. The fourth-order valence-corrected chi connectivity index (χ4v) is 2.54. The van der Waals surface area contributed by atoms with Crippen LogP contribution >= 0.6 is 0 Å². The molecule has 0 amide bonds. The Hall–Kier alpha value is -2.10. The summed E-state index contributed by atoms with van der Waals surface area (Å²) in [7, 11) is 0.